The van der Waals surface area contributed by atoms with Crippen molar-refractivity contribution in [1.82, 2.24) is 4.68 Å². The smallest absolute Gasteiger partial charge is 0.336 e. The Bertz CT molecular complexity index is 830. The van der Waals surface area contributed by atoms with Gasteiger partial charge in [-0.05, 0) is 25.0 Å². The molecule has 1 unspecified atom stereocenters. The number of nitrogens with two attached hydrogens (primary N) is 1. The van der Waals surface area contributed by atoms with E-state index in [2.05, 4.69) is 5.92 Å². The molecule has 1 aromatic carbocycles. The second kappa shape index (κ2) is 5.09. The number of benzene rings is 1. The van der Waals surface area contributed by atoms with Gasteiger partial charge < -0.3 is 5.84 Å². The van der Waals surface area contributed by atoms with Gasteiger partial charge in [0.05, 0.1) is 16.5 Å². The molecule has 0 spiro atoms. The first-order chi connectivity index (χ1) is 10.1. The molecule has 6 heteroatoms. The van der Waals surface area contributed by atoms with Crippen LogP contribution >= 0.6 is 0 Å². The molecule has 0 saturated heterocycles. The highest BCUT2D eigenvalue weighted by Gasteiger charge is 2.34. The van der Waals surface area contributed by atoms with E-state index in [0.29, 0.717) is 22.7 Å². The monoisotopic (exact) mass is 308 g/mol. The lowest BCUT2D eigenvalue weighted by Crippen LogP contribution is -2.29. The van der Waals surface area contributed by atoms with Crippen LogP contribution in [0.1, 0.15) is 31.4 Å². The van der Waals surface area contributed by atoms with Gasteiger partial charge in [0, 0.05) is 11.5 Å². The van der Waals surface area contributed by atoms with Crippen LogP contribution in [0, 0.1) is 12.3 Å². The van der Waals surface area contributed by atoms with E-state index in [0.717, 1.165) is 0 Å². The number of fused-ring (bicyclic) bond motifs is 1. The Hall–Kier alpha value is -2.42. The maximum Gasteiger partial charge on any atom is 0.417 e. The summed E-state index contributed by atoms with van der Waals surface area (Å²) in [5.74, 6) is 8.25. The van der Waals surface area contributed by atoms with Crippen molar-refractivity contribution < 1.29 is 13.2 Å². The normalized spacial score (nSPS) is 14.5. The fourth-order valence-electron chi connectivity index (χ4n) is 2.32. The zero-order chi connectivity index (χ0) is 16.7. The lowest BCUT2D eigenvalue weighted by Gasteiger charge is -2.23. The topological polar surface area (TPSA) is 48.0 Å². The number of alkyl halides is 3. The van der Waals surface area contributed by atoms with Crippen LogP contribution < -0.4 is 11.4 Å². The summed E-state index contributed by atoms with van der Waals surface area (Å²) in [7, 11) is 0. The molecule has 0 aliphatic rings. The molecule has 116 valence electrons. The maximum absolute atomic E-state index is 13.1. The average molecular weight is 308 g/mol. The minimum atomic E-state index is -4.63. The van der Waals surface area contributed by atoms with E-state index in [-0.39, 0.29) is 10.9 Å². The first-order valence-electron chi connectivity index (χ1n) is 6.64. The molecule has 0 aliphatic carbocycles. The van der Waals surface area contributed by atoms with E-state index in [1.165, 1.54) is 12.1 Å². The number of aromatic nitrogens is 1. The second-order valence-corrected chi connectivity index (χ2v) is 5.33. The summed E-state index contributed by atoms with van der Waals surface area (Å²) in [4.78, 5) is 11.7. The van der Waals surface area contributed by atoms with Crippen LogP contribution in [0.3, 0.4) is 0 Å². The number of terminal acetylenes is 1. The van der Waals surface area contributed by atoms with Crippen molar-refractivity contribution in [3.05, 3.63) is 45.7 Å². The van der Waals surface area contributed by atoms with Crippen molar-refractivity contribution in [2.75, 3.05) is 5.84 Å². The van der Waals surface area contributed by atoms with Gasteiger partial charge in [0.1, 0.15) is 0 Å². The standard InChI is InChI=1S/C16H15F3N2O/c1-4-15(3,5-2)10-6-7-11-12(16(17,18)19)9-14(22)21(20)13(11)8-10/h1,6-9H,5,20H2,2-3H3. The van der Waals surface area contributed by atoms with Crippen molar-refractivity contribution in [3.8, 4) is 12.3 Å². The van der Waals surface area contributed by atoms with Crippen LogP contribution in [-0.4, -0.2) is 4.68 Å². The molecule has 0 amide bonds. The lowest BCUT2D eigenvalue weighted by molar-refractivity contribution is -0.136. The summed E-state index contributed by atoms with van der Waals surface area (Å²) in [6.45, 7) is 3.69. The fourth-order valence-corrected chi connectivity index (χ4v) is 2.32. The van der Waals surface area contributed by atoms with Crippen molar-refractivity contribution >= 4 is 10.9 Å². The molecule has 0 fully saturated rings. The third-order valence-corrected chi connectivity index (χ3v) is 4.02. The van der Waals surface area contributed by atoms with Crippen molar-refractivity contribution in [1.29, 1.82) is 0 Å². The van der Waals surface area contributed by atoms with Gasteiger partial charge in [-0.2, -0.15) is 13.2 Å². The highest BCUT2D eigenvalue weighted by Crippen LogP contribution is 2.35. The maximum atomic E-state index is 13.1. The van der Waals surface area contributed by atoms with Gasteiger partial charge in [-0.25, -0.2) is 4.68 Å². The van der Waals surface area contributed by atoms with Crippen LogP contribution in [0.4, 0.5) is 13.2 Å². The molecule has 22 heavy (non-hydrogen) atoms. The third-order valence-electron chi connectivity index (χ3n) is 4.02. The zero-order valence-electron chi connectivity index (χ0n) is 12.2. The molecular formula is C16H15F3N2O. The minimum absolute atomic E-state index is 0.00671. The number of nitrogens with zero attached hydrogens (tertiary/aromatic N) is 1. The second-order valence-electron chi connectivity index (χ2n) is 5.33. The van der Waals surface area contributed by atoms with E-state index in [9.17, 15) is 18.0 Å². The first-order valence-corrected chi connectivity index (χ1v) is 6.64. The molecule has 1 aromatic heterocycles. The van der Waals surface area contributed by atoms with Gasteiger partial charge in [-0.3, -0.25) is 4.79 Å². The van der Waals surface area contributed by atoms with Gasteiger partial charge in [-0.1, -0.05) is 25.0 Å². The van der Waals surface area contributed by atoms with Crippen molar-refractivity contribution in [2.45, 2.75) is 31.9 Å². The first kappa shape index (κ1) is 16.0. The summed E-state index contributed by atoms with van der Waals surface area (Å²) < 4.78 is 39.9. The molecule has 2 N–H and O–H groups in total. The van der Waals surface area contributed by atoms with E-state index in [4.69, 9.17) is 12.3 Å². The summed E-state index contributed by atoms with van der Waals surface area (Å²) in [6.07, 6.45) is 1.50. The number of hydrogen-bond acceptors (Lipinski definition) is 2. The molecule has 2 aromatic rings. The van der Waals surface area contributed by atoms with Crippen LogP contribution in [0.2, 0.25) is 0 Å². The van der Waals surface area contributed by atoms with E-state index < -0.39 is 22.7 Å². The summed E-state index contributed by atoms with van der Waals surface area (Å²) in [5.41, 5.74) is -1.91. The van der Waals surface area contributed by atoms with Crippen molar-refractivity contribution in [2.24, 2.45) is 0 Å². The SMILES string of the molecule is C#CC(C)(CC)c1ccc2c(C(F)(F)F)cc(=O)n(N)c2c1. The van der Waals surface area contributed by atoms with E-state index in [1.807, 2.05) is 6.92 Å². The number of hydrogen-bond donors (Lipinski definition) is 1. The Balaban J connectivity index is 2.87. The van der Waals surface area contributed by atoms with Gasteiger partial charge in [-0.15, -0.1) is 6.42 Å². The molecule has 2 rings (SSSR count). The van der Waals surface area contributed by atoms with Crippen LogP contribution in [0.5, 0.6) is 0 Å². The zero-order valence-corrected chi connectivity index (χ0v) is 12.2. The summed E-state index contributed by atoms with van der Waals surface area (Å²) in [6, 6.07) is 4.81. The van der Waals surface area contributed by atoms with Gasteiger partial charge in [0.25, 0.3) is 5.56 Å². The van der Waals surface area contributed by atoms with E-state index >= 15 is 0 Å². The predicted octanol–water partition coefficient (Wildman–Crippen LogP) is 3.04. The number of nitrogen functional groups attached to an aromatic ring is 1. The minimum Gasteiger partial charge on any atom is -0.336 e. The lowest BCUT2D eigenvalue weighted by atomic mass is 9.80. The number of halogens is 3. The molecule has 0 saturated carbocycles. The van der Waals surface area contributed by atoms with Crippen LogP contribution in [0.25, 0.3) is 10.9 Å². The Labute approximate surface area is 125 Å². The molecule has 0 aliphatic heterocycles. The molecule has 0 bridgehead atoms. The average Bonchev–Trinajstić information content (AvgIpc) is 2.48. The van der Waals surface area contributed by atoms with Gasteiger partial charge in [0.15, 0.2) is 0 Å². The highest BCUT2D eigenvalue weighted by molar-refractivity contribution is 5.84. The van der Waals surface area contributed by atoms with Crippen molar-refractivity contribution in [3.63, 3.8) is 0 Å². The third kappa shape index (κ3) is 2.43. The number of rotatable bonds is 2. The summed E-state index contributed by atoms with van der Waals surface area (Å²) >= 11 is 0. The van der Waals surface area contributed by atoms with Crippen LogP contribution in [-0.2, 0) is 11.6 Å². The Morgan fingerprint density at radius 3 is 2.45 bits per heavy atom. The molecule has 0 radical (unpaired) electrons. The molecule has 1 heterocycles. The van der Waals surface area contributed by atoms with Crippen LogP contribution in [0.15, 0.2) is 29.1 Å². The number of pyridine rings is 1. The quantitative estimate of drug-likeness (QED) is 0.685. The fraction of sp³-hybridized carbons (Fsp3) is 0.312. The predicted molar refractivity (Wildman–Crippen MR) is 79.8 cm³/mol. The molecule has 1 atom stereocenters. The highest BCUT2D eigenvalue weighted by atomic mass is 19.4. The Morgan fingerprint density at radius 1 is 1.32 bits per heavy atom. The summed E-state index contributed by atoms with van der Waals surface area (Å²) in [5, 5.41) is -0.131. The Morgan fingerprint density at radius 2 is 1.95 bits per heavy atom. The largest absolute Gasteiger partial charge is 0.417 e. The van der Waals surface area contributed by atoms with Gasteiger partial charge in [0.2, 0.25) is 0 Å². The molecule has 3 nitrogen and oxygen atoms in total. The van der Waals surface area contributed by atoms with E-state index in [1.54, 1.807) is 13.0 Å². The molecular weight excluding hydrogens is 293 g/mol. The van der Waals surface area contributed by atoms with Gasteiger partial charge >= 0.3 is 6.18 Å². The Kier molecular flexibility index (Phi) is 3.69.